The van der Waals surface area contributed by atoms with Crippen molar-refractivity contribution in [3.05, 3.63) is 48.0 Å². The van der Waals surface area contributed by atoms with Crippen LogP contribution in [0.3, 0.4) is 0 Å². The first kappa shape index (κ1) is 10.5. The standard InChI is InChI=1S/C11H13NO2/c1-8(11(13)14)10(12)7-9-5-3-2-4-6-9/h2-6,10H,1,7,12H2,(H,13,14)/t10-/m0/s1. The zero-order chi connectivity index (χ0) is 10.6. The average Bonchev–Trinajstić information content (AvgIpc) is 2.18. The summed E-state index contributed by atoms with van der Waals surface area (Å²) in [7, 11) is 0. The fraction of sp³-hybridized carbons (Fsp3) is 0.182. The van der Waals surface area contributed by atoms with Crippen molar-refractivity contribution in [3.8, 4) is 0 Å². The van der Waals surface area contributed by atoms with Gasteiger partial charge in [0.05, 0.1) is 0 Å². The molecule has 0 heterocycles. The molecule has 0 saturated carbocycles. The quantitative estimate of drug-likeness (QED) is 0.703. The van der Waals surface area contributed by atoms with E-state index in [0.717, 1.165) is 5.56 Å². The van der Waals surface area contributed by atoms with E-state index in [1.165, 1.54) is 0 Å². The number of carbonyl (C=O) groups is 1. The van der Waals surface area contributed by atoms with E-state index < -0.39 is 12.0 Å². The van der Waals surface area contributed by atoms with Crippen LogP contribution in [-0.4, -0.2) is 17.1 Å². The smallest absolute Gasteiger partial charge is 0.332 e. The highest BCUT2D eigenvalue weighted by molar-refractivity contribution is 5.87. The summed E-state index contributed by atoms with van der Waals surface area (Å²) in [6.07, 6.45) is 0.506. The fourth-order valence-corrected chi connectivity index (χ4v) is 1.15. The Bertz CT molecular complexity index is 332. The van der Waals surface area contributed by atoms with Gasteiger partial charge in [-0.2, -0.15) is 0 Å². The molecule has 1 rings (SSSR count). The number of rotatable bonds is 4. The number of hydrogen-bond donors (Lipinski definition) is 2. The predicted molar refractivity (Wildman–Crippen MR) is 54.9 cm³/mol. The topological polar surface area (TPSA) is 63.3 Å². The summed E-state index contributed by atoms with van der Waals surface area (Å²) in [6.45, 7) is 3.43. The molecule has 0 amide bonds. The van der Waals surface area contributed by atoms with E-state index in [9.17, 15) is 4.79 Å². The van der Waals surface area contributed by atoms with Crippen LogP contribution in [0.15, 0.2) is 42.5 Å². The highest BCUT2D eigenvalue weighted by atomic mass is 16.4. The van der Waals surface area contributed by atoms with Gasteiger partial charge < -0.3 is 10.8 Å². The molecule has 0 aromatic heterocycles. The third-order valence-electron chi connectivity index (χ3n) is 2.02. The molecule has 0 radical (unpaired) electrons. The zero-order valence-corrected chi connectivity index (χ0v) is 7.81. The summed E-state index contributed by atoms with van der Waals surface area (Å²) in [6, 6.07) is 9.00. The van der Waals surface area contributed by atoms with Gasteiger partial charge in [-0.1, -0.05) is 36.9 Å². The summed E-state index contributed by atoms with van der Waals surface area (Å²) >= 11 is 0. The van der Waals surface area contributed by atoms with Crippen LogP contribution in [0.4, 0.5) is 0 Å². The highest BCUT2D eigenvalue weighted by Crippen LogP contribution is 2.06. The average molecular weight is 191 g/mol. The van der Waals surface area contributed by atoms with Gasteiger partial charge >= 0.3 is 5.97 Å². The Hall–Kier alpha value is -1.61. The van der Waals surface area contributed by atoms with Gasteiger partial charge in [-0.3, -0.25) is 0 Å². The van der Waals surface area contributed by atoms with Crippen LogP contribution in [-0.2, 0) is 11.2 Å². The van der Waals surface area contributed by atoms with Crippen molar-refractivity contribution in [2.75, 3.05) is 0 Å². The molecule has 0 aliphatic rings. The maximum atomic E-state index is 10.6. The van der Waals surface area contributed by atoms with Crippen molar-refractivity contribution in [1.82, 2.24) is 0 Å². The number of hydrogen-bond acceptors (Lipinski definition) is 2. The third-order valence-corrected chi connectivity index (χ3v) is 2.02. The van der Waals surface area contributed by atoms with Crippen LogP contribution in [0.5, 0.6) is 0 Å². The molecule has 3 N–H and O–H groups in total. The third kappa shape index (κ3) is 2.71. The van der Waals surface area contributed by atoms with Gasteiger partial charge in [0.2, 0.25) is 0 Å². The lowest BCUT2D eigenvalue weighted by molar-refractivity contribution is -0.132. The minimum absolute atomic E-state index is 0.0499. The summed E-state index contributed by atoms with van der Waals surface area (Å²) in [5.74, 6) is -1.03. The summed E-state index contributed by atoms with van der Waals surface area (Å²) in [4.78, 5) is 10.6. The first-order chi connectivity index (χ1) is 6.61. The zero-order valence-electron chi connectivity index (χ0n) is 7.81. The summed E-state index contributed by atoms with van der Waals surface area (Å²) in [5.41, 5.74) is 6.74. The molecule has 1 atom stereocenters. The van der Waals surface area contributed by atoms with Gasteiger partial charge in [-0.25, -0.2) is 4.79 Å². The molecule has 0 aliphatic carbocycles. The van der Waals surface area contributed by atoms with Crippen LogP contribution in [0.2, 0.25) is 0 Å². The number of carboxylic acid groups (broad SMARTS) is 1. The van der Waals surface area contributed by atoms with Gasteiger partial charge in [0.1, 0.15) is 0 Å². The molecule has 3 nitrogen and oxygen atoms in total. The minimum Gasteiger partial charge on any atom is -0.478 e. The molecule has 14 heavy (non-hydrogen) atoms. The lowest BCUT2D eigenvalue weighted by Crippen LogP contribution is -2.28. The molecular weight excluding hydrogens is 178 g/mol. The summed E-state index contributed by atoms with van der Waals surface area (Å²) < 4.78 is 0. The van der Waals surface area contributed by atoms with Gasteiger partial charge in [0.25, 0.3) is 0 Å². The van der Waals surface area contributed by atoms with Crippen molar-refractivity contribution < 1.29 is 9.90 Å². The second-order valence-electron chi connectivity index (χ2n) is 3.13. The highest BCUT2D eigenvalue weighted by Gasteiger charge is 2.13. The van der Waals surface area contributed by atoms with E-state index in [1.807, 2.05) is 30.3 Å². The Kier molecular flexibility index (Phi) is 3.42. The van der Waals surface area contributed by atoms with Gasteiger partial charge in [0, 0.05) is 11.6 Å². The maximum Gasteiger partial charge on any atom is 0.332 e. The molecule has 0 unspecified atom stereocenters. The molecule has 0 spiro atoms. The predicted octanol–water partition coefficient (Wildman–Crippen LogP) is 1.20. The summed E-state index contributed by atoms with van der Waals surface area (Å²) in [5, 5.41) is 8.65. The van der Waals surface area contributed by atoms with E-state index in [-0.39, 0.29) is 5.57 Å². The van der Waals surface area contributed by atoms with Crippen LogP contribution in [0.25, 0.3) is 0 Å². The SMILES string of the molecule is C=C(C(=O)O)[C@@H](N)Cc1ccccc1. The minimum atomic E-state index is -1.03. The molecule has 1 aromatic carbocycles. The van der Waals surface area contributed by atoms with Crippen molar-refractivity contribution >= 4 is 5.97 Å². The monoisotopic (exact) mass is 191 g/mol. The maximum absolute atomic E-state index is 10.6. The Labute approximate surface area is 82.9 Å². The number of carboxylic acids is 1. The molecule has 0 fully saturated rings. The molecule has 1 aromatic rings. The first-order valence-electron chi connectivity index (χ1n) is 4.33. The molecule has 3 heteroatoms. The van der Waals surface area contributed by atoms with E-state index in [2.05, 4.69) is 6.58 Å². The molecule has 0 bridgehead atoms. The molecule has 74 valence electrons. The number of nitrogens with two attached hydrogens (primary N) is 1. The second kappa shape index (κ2) is 4.58. The van der Waals surface area contributed by atoms with E-state index in [0.29, 0.717) is 6.42 Å². The number of aliphatic carboxylic acids is 1. The van der Waals surface area contributed by atoms with Gasteiger partial charge in [0.15, 0.2) is 0 Å². The Morgan fingerprint density at radius 3 is 2.50 bits per heavy atom. The largest absolute Gasteiger partial charge is 0.478 e. The Morgan fingerprint density at radius 1 is 1.43 bits per heavy atom. The Morgan fingerprint density at radius 2 is 2.00 bits per heavy atom. The Balaban J connectivity index is 2.62. The first-order valence-corrected chi connectivity index (χ1v) is 4.33. The van der Waals surface area contributed by atoms with Crippen molar-refractivity contribution in [3.63, 3.8) is 0 Å². The van der Waals surface area contributed by atoms with Crippen LogP contribution in [0.1, 0.15) is 5.56 Å². The van der Waals surface area contributed by atoms with E-state index in [1.54, 1.807) is 0 Å². The lowest BCUT2D eigenvalue weighted by atomic mass is 10.0. The molecule has 0 saturated heterocycles. The fourth-order valence-electron chi connectivity index (χ4n) is 1.15. The van der Waals surface area contributed by atoms with Crippen LogP contribution >= 0.6 is 0 Å². The normalized spacial score (nSPS) is 12.1. The van der Waals surface area contributed by atoms with Gasteiger partial charge in [-0.05, 0) is 12.0 Å². The van der Waals surface area contributed by atoms with E-state index in [4.69, 9.17) is 10.8 Å². The van der Waals surface area contributed by atoms with Crippen LogP contribution < -0.4 is 5.73 Å². The van der Waals surface area contributed by atoms with Crippen LogP contribution in [0, 0.1) is 0 Å². The molecule has 0 aliphatic heterocycles. The van der Waals surface area contributed by atoms with Gasteiger partial charge in [-0.15, -0.1) is 0 Å². The van der Waals surface area contributed by atoms with Crippen molar-refractivity contribution in [2.45, 2.75) is 12.5 Å². The van der Waals surface area contributed by atoms with Crippen molar-refractivity contribution in [1.29, 1.82) is 0 Å². The second-order valence-corrected chi connectivity index (χ2v) is 3.13. The molecular formula is C11H13NO2. The van der Waals surface area contributed by atoms with Crippen molar-refractivity contribution in [2.24, 2.45) is 5.73 Å². The lowest BCUT2D eigenvalue weighted by Gasteiger charge is -2.10. The number of benzene rings is 1. The van der Waals surface area contributed by atoms with E-state index >= 15 is 0 Å².